The van der Waals surface area contributed by atoms with Crippen molar-refractivity contribution in [1.82, 2.24) is 10.3 Å². The predicted octanol–water partition coefficient (Wildman–Crippen LogP) is 2.97. The molecule has 2 unspecified atom stereocenters. The highest BCUT2D eigenvalue weighted by atomic mass is 16.5. The van der Waals surface area contributed by atoms with Crippen molar-refractivity contribution in [2.75, 3.05) is 6.54 Å². The van der Waals surface area contributed by atoms with Gasteiger partial charge in [0.05, 0.1) is 6.20 Å². The highest BCUT2D eigenvalue weighted by Crippen LogP contribution is 2.27. The third-order valence-corrected chi connectivity index (χ3v) is 3.88. The summed E-state index contributed by atoms with van der Waals surface area (Å²) in [6.45, 7) is 2.90. The molecule has 0 aliphatic carbocycles. The number of nitrogens with one attached hydrogen (secondary N) is 1. The van der Waals surface area contributed by atoms with E-state index in [0.717, 1.165) is 30.7 Å². The van der Waals surface area contributed by atoms with Crippen LogP contribution in [0, 0.1) is 6.92 Å². The molecule has 0 radical (unpaired) electrons. The monoisotopic (exact) mass is 284 g/mol. The number of aromatic nitrogens is 1. The van der Waals surface area contributed by atoms with Gasteiger partial charge in [0.15, 0.2) is 0 Å². The molecule has 1 saturated heterocycles. The van der Waals surface area contributed by atoms with Gasteiger partial charge in [0.2, 0.25) is 0 Å². The van der Waals surface area contributed by atoms with Crippen LogP contribution in [0.25, 0.3) is 0 Å². The van der Waals surface area contributed by atoms with E-state index < -0.39 is 0 Å². The van der Waals surface area contributed by atoms with Crippen molar-refractivity contribution in [2.24, 2.45) is 0 Å². The Kier molecular flexibility index (Phi) is 4.06. The molecule has 1 fully saturated rings. The molecule has 2 aromatic rings. The van der Waals surface area contributed by atoms with Crippen molar-refractivity contribution in [2.45, 2.75) is 31.9 Å². The molecule has 2 atom stereocenters. The molecule has 0 bridgehead atoms. The third-order valence-electron chi connectivity index (χ3n) is 3.88. The number of rotatable bonds is 3. The Bertz CT molecular complexity index is 590. The first-order valence-electron chi connectivity index (χ1n) is 7.31. The highest BCUT2D eigenvalue weighted by molar-refractivity contribution is 5.27. The second-order valence-corrected chi connectivity index (χ2v) is 5.58. The number of hydrogen-bond acceptors (Lipinski definition) is 4. The van der Waals surface area contributed by atoms with Gasteiger partial charge in [-0.15, -0.1) is 0 Å². The van der Waals surface area contributed by atoms with E-state index in [4.69, 9.17) is 4.74 Å². The summed E-state index contributed by atoms with van der Waals surface area (Å²) in [5, 5.41) is 12.9. The second-order valence-electron chi connectivity index (χ2n) is 5.58. The molecule has 2 heterocycles. The van der Waals surface area contributed by atoms with E-state index in [1.54, 1.807) is 6.07 Å². The molecule has 0 spiro atoms. The highest BCUT2D eigenvalue weighted by Gasteiger charge is 2.23. The number of aryl methyl sites for hydroxylation is 1. The topological polar surface area (TPSA) is 54.4 Å². The van der Waals surface area contributed by atoms with E-state index in [0.29, 0.717) is 5.92 Å². The number of piperidine rings is 1. The van der Waals surface area contributed by atoms with Crippen LogP contribution in [0.4, 0.5) is 0 Å². The van der Waals surface area contributed by atoms with Gasteiger partial charge in [-0.2, -0.15) is 0 Å². The van der Waals surface area contributed by atoms with Crippen molar-refractivity contribution in [3.63, 3.8) is 0 Å². The summed E-state index contributed by atoms with van der Waals surface area (Å²) in [7, 11) is 0. The maximum atomic E-state index is 9.51. The molecule has 1 aliphatic heterocycles. The first kappa shape index (κ1) is 13.9. The van der Waals surface area contributed by atoms with E-state index in [1.807, 2.05) is 18.3 Å². The van der Waals surface area contributed by atoms with Crippen LogP contribution in [0.3, 0.4) is 0 Å². The molecular weight excluding hydrogens is 264 g/mol. The summed E-state index contributed by atoms with van der Waals surface area (Å²) < 4.78 is 5.94. The maximum Gasteiger partial charge on any atom is 0.150 e. The van der Waals surface area contributed by atoms with Gasteiger partial charge in [-0.05, 0) is 49.4 Å². The Morgan fingerprint density at radius 3 is 2.67 bits per heavy atom. The number of pyridine rings is 1. The fourth-order valence-corrected chi connectivity index (χ4v) is 2.66. The summed E-state index contributed by atoms with van der Waals surface area (Å²) in [6.07, 6.45) is 5.30. The smallest absolute Gasteiger partial charge is 0.150 e. The number of ether oxygens (including phenoxy) is 1. The van der Waals surface area contributed by atoms with Crippen molar-refractivity contribution in [3.05, 3.63) is 53.9 Å². The van der Waals surface area contributed by atoms with Crippen molar-refractivity contribution < 1.29 is 9.84 Å². The lowest BCUT2D eigenvalue weighted by molar-refractivity contribution is 0.125. The van der Waals surface area contributed by atoms with E-state index in [2.05, 4.69) is 29.4 Å². The number of hydrogen-bond donors (Lipinski definition) is 2. The number of aromatic hydroxyl groups is 1. The van der Waals surface area contributed by atoms with Crippen LogP contribution in [0.5, 0.6) is 11.5 Å². The minimum Gasteiger partial charge on any atom is -0.506 e. The van der Waals surface area contributed by atoms with Gasteiger partial charge in [0.1, 0.15) is 17.7 Å². The summed E-state index contributed by atoms with van der Waals surface area (Å²) in [5.41, 5.74) is 2.31. The third kappa shape index (κ3) is 3.52. The van der Waals surface area contributed by atoms with E-state index >= 15 is 0 Å². The zero-order valence-corrected chi connectivity index (χ0v) is 12.1. The summed E-state index contributed by atoms with van der Waals surface area (Å²) in [6, 6.07) is 9.91. The molecular formula is C17H20N2O2. The Morgan fingerprint density at radius 2 is 2.00 bits per heavy atom. The Morgan fingerprint density at radius 1 is 1.19 bits per heavy atom. The fourth-order valence-electron chi connectivity index (χ4n) is 2.66. The van der Waals surface area contributed by atoms with Gasteiger partial charge >= 0.3 is 0 Å². The molecule has 110 valence electrons. The molecule has 1 aliphatic rings. The molecule has 3 rings (SSSR count). The predicted molar refractivity (Wildman–Crippen MR) is 81.5 cm³/mol. The molecule has 1 aromatic heterocycles. The Labute approximate surface area is 124 Å². The van der Waals surface area contributed by atoms with Gasteiger partial charge in [-0.25, -0.2) is 0 Å². The molecule has 21 heavy (non-hydrogen) atoms. The first-order valence-corrected chi connectivity index (χ1v) is 7.31. The van der Waals surface area contributed by atoms with Gasteiger partial charge in [0.25, 0.3) is 0 Å². The van der Waals surface area contributed by atoms with Crippen LogP contribution < -0.4 is 10.1 Å². The van der Waals surface area contributed by atoms with Crippen LogP contribution in [0.15, 0.2) is 42.7 Å². The average Bonchev–Trinajstić information content (AvgIpc) is 2.50. The summed E-state index contributed by atoms with van der Waals surface area (Å²) in [5.74, 6) is 1.50. The number of benzene rings is 1. The lowest BCUT2D eigenvalue weighted by Crippen LogP contribution is -2.41. The second kappa shape index (κ2) is 6.14. The van der Waals surface area contributed by atoms with Crippen molar-refractivity contribution in [3.8, 4) is 11.5 Å². The zero-order chi connectivity index (χ0) is 14.7. The molecule has 0 saturated carbocycles. The molecule has 4 heteroatoms. The quantitative estimate of drug-likeness (QED) is 0.910. The first-order chi connectivity index (χ1) is 10.2. The van der Waals surface area contributed by atoms with Crippen molar-refractivity contribution >= 4 is 0 Å². The normalized spacial score (nSPS) is 22.0. The Hall–Kier alpha value is -2.07. The largest absolute Gasteiger partial charge is 0.506 e. The van der Waals surface area contributed by atoms with E-state index in [-0.39, 0.29) is 12.0 Å². The molecule has 0 amide bonds. The SMILES string of the molecule is Cc1ccc(OC2CCC(c3cncc(O)c3)CN2)cc1. The average molecular weight is 284 g/mol. The fraction of sp³-hybridized carbons (Fsp3) is 0.353. The number of nitrogens with zero attached hydrogens (tertiary/aromatic N) is 1. The van der Waals surface area contributed by atoms with Crippen molar-refractivity contribution in [1.29, 1.82) is 0 Å². The lowest BCUT2D eigenvalue weighted by Gasteiger charge is -2.30. The van der Waals surface area contributed by atoms with Gasteiger partial charge in [-0.1, -0.05) is 17.7 Å². The molecule has 2 N–H and O–H groups in total. The minimum absolute atomic E-state index is 0.0502. The maximum absolute atomic E-state index is 9.51. The standard InChI is InChI=1S/C17H20N2O2/c1-12-2-5-16(6-3-12)21-17-7-4-13(10-19-17)14-8-15(20)11-18-9-14/h2-3,5-6,8-9,11,13,17,19-20H,4,7,10H2,1H3. The van der Waals surface area contributed by atoms with Crippen LogP contribution in [-0.4, -0.2) is 22.9 Å². The molecule has 4 nitrogen and oxygen atoms in total. The Balaban J connectivity index is 1.56. The van der Waals surface area contributed by atoms with Crippen LogP contribution >= 0.6 is 0 Å². The lowest BCUT2D eigenvalue weighted by atomic mass is 9.92. The van der Waals surface area contributed by atoms with Gasteiger partial charge in [-0.3, -0.25) is 10.3 Å². The van der Waals surface area contributed by atoms with E-state index in [9.17, 15) is 5.11 Å². The van der Waals surface area contributed by atoms with Gasteiger partial charge in [0, 0.05) is 12.7 Å². The minimum atomic E-state index is 0.0502. The summed E-state index contributed by atoms with van der Waals surface area (Å²) in [4.78, 5) is 4.05. The van der Waals surface area contributed by atoms with Crippen LogP contribution in [-0.2, 0) is 0 Å². The zero-order valence-electron chi connectivity index (χ0n) is 12.1. The van der Waals surface area contributed by atoms with Crippen LogP contribution in [0.1, 0.15) is 29.9 Å². The van der Waals surface area contributed by atoms with E-state index in [1.165, 1.54) is 11.8 Å². The van der Waals surface area contributed by atoms with Gasteiger partial charge < -0.3 is 9.84 Å². The van der Waals surface area contributed by atoms with Crippen LogP contribution in [0.2, 0.25) is 0 Å². The molecule has 1 aromatic carbocycles. The summed E-state index contributed by atoms with van der Waals surface area (Å²) >= 11 is 0.